The van der Waals surface area contributed by atoms with Gasteiger partial charge in [-0.25, -0.2) is 0 Å². The number of unbranched alkanes of at least 4 members (excludes halogenated alkanes) is 10. The van der Waals surface area contributed by atoms with Crippen molar-refractivity contribution in [1.29, 1.82) is 0 Å². The Bertz CT molecular complexity index is 601. The van der Waals surface area contributed by atoms with Crippen molar-refractivity contribution in [2.75, 3.05) is 0 Å². The molecular formula is C24H37ClO4. The first kappa shape index (κ1) is 25.5. The van der Waals surface area contributed by atoms with E-state index in [0.717, 1.165) is 75.7 Å². The third-order valence-corrected chi connectivity index (χ3v) is 5.58. The van der Waals surface area contributed by atoms with E-state index in [1.165, 1.54) is 30.4 Å². The van der Waals surface area contributed by atoms with E-state index in [2.05, 4.69) is 12.1 Å². The molecule has 29 heavy (non-hydrogen) atoms. The topological polar surface area (TPSA) is 74.6 Å². The van der Waals surface area contributed by atoms with E-state index in [1.54, 1.807) is 0 Å². The Morgan fingerprint density at radius 1 is 0.621 bits per heavy atom. The minimum absolute atomic E-state index is 0.286. The zero-order valence-electron chi connectivity index (χ0n) is 17.6. The van der Waals surface area contributed by atoms with Crippen molar-refractivity contribution >= 4 is 23.5 Å². The van der Waals surface area contributed by atoms with Crippen LogP contribution in [-0.4, -0.2) is 22.2 Å². The first-order chi connectivity index (χ1) is 14.0. The highest BCUT2D eigenvalue weighted by atomic mass is 35.5. The van der Waals surface area contributed by atoms with E-state index in [4.69, 9.17) is 21.8 Å². The lowest BCUT2D eigenvalue weighted by molar-refractivity contribution is -0.138. The highest BCUT2D eigenvalue weighted by Gasteiger charge is 2.05. The van der Waals surface area contributed by atoms with Crippen LogP contribution in [0.5, 0.6) is 0 Å². The predicted octanol–water partition coefficient (Wildman–Crippen LogP) is 7.06. The average Bonchev–Trinajstić information content (AvgIpc) is 2.66. The zero-order valence-corrected chi connectivity index (χ0v) is 18.4. The summed E-state index contributed by atoms with van der Waals surface area (Å²) < 4.78 is 0. The molecule has 1 aromatic rings. The summed E-state index contributed by atoms with van der Waals surface area (Å²) in [5.41, 5.74) is 2.77. The normalized spacial score (nSPS) is 10.9. The Balaban J connectivity index is 2.19. The van der Waals surface area contributed by atoms with E-state index in [-0.39, 0.29) is 12.8 Å². The highest BCUT2D eigenvalue weighted by molar-refractivity contribution is 6.30. The Kier molecular flexibility index (Phi) is 14.3. The number of hydrogen-bond acceptors (Lipinski definition) is 2. The van der Waals surface area contributed by atoms with E-state index >= 15 is 0 Å². The van der Waals surface area contributed by atoms with Crippen LogP contribution in [0.1, 0.15) is 101 Å². The summed E-state index contributed by atoms with van der Waals surface area (Å²) in [7, 11) is 0. The summed E-state index contributed by atoms with van der Waals surface area (Å²) in [6.45, 7) is 0. The summed E-state index contributed by atoms with van der Waals surface area (Å²) in [5, 5.41) is 18.1. The molecule has 0 aromatic heterocycles. The molecule has 0 spiro atoms. The molecule has 2 N–H and O–H groups in total. The van der Waals surface area contributed by atoms with Crippen LogP contribution < -0.4 is 0 Å². The first-order valence-electron chi connectivity index (χ1n) is 11.2. The number of hydrogen-bond donors (Lipinski definition) is 2. The molecule has 5 heteroatoms. The number of rotatable bonds is 18. The van der Waals surface area contributed by atoms with Gasteiger partial charge in [-0.15, -0.1) is 0 Å². The van der Waals surface area contributed by atoms with Gasteiger partial charge in [0.2, 0.25) is 0 Å². The summed E-state index contributed by atoms with van der Waals surface area (Å²) in [6, 6.07) is 6.25. The third-order valence-electron chi connectivity index (χ3n) is 5.34. The number of benzene rings is 1. The molecule has 0 atom stereocenters. The molecule has 0 aliphatic rings. The van der Waals surface area contributed by atoms with Crippen LogP contribution in [0, 0.1) is 0 Å². The first-order valence-corrected chi connectivity index (χ1v) is 11.6. The van der Waals surface area contributed by atoms with Gasteiger partial charge in [-0.05, 0) is 61.8 Å². The third kappa shape index (κ3) is 14.1. The van der Waals surface area contributed by atoms with Crippen LogP contribution in [0.25, 0.3) is 0 Å². The van der Waals surface area contributed by atoms with Crippen molar-refractivity contribution in [3.05, 3.63) is 34.3 Å². The van der Waals surface area contributed by atoms with Crippen LogP contribution in [-0.2, 0) is 22.4 Å². The Hall–Kier alpha value is -1.55. The van der Waals surface area contributed by atoms with Gasteiger partial charge in [-0.3, -0.25) is 9.59 Å². The minimum Gasteiger partial charge on any atom is -0.481 e. The van der Waals surface area contributed by atoms with Crippen molar-refractivity contribution in [2.24, 2.45) is 0 Å². The second-order valence-electron chi connectivity index (χ2n) is 7.94. The van der Waals surface area contributed by atoms with Gasteiger partial charge < -0.3 is 10.2 Å². The Morgan fingerprint density at radius 3 is 1.52 bits per heavy atom. The number of carboxylic acid groups (broad SMARTS) is 2. The monoisotopic (exact) mass is 424 g/mol. The van der Waals surface area contributed by atoms with Gasteiger partial charge >= 0.3 is 11.9 Å². The van der Waals surface area contributed by atoms with E-state index < -0.39 is 11.9 Å². The molecule has 0 saturated carbocycles. The lowest BCUT2D eigenvalue weighted by atomic mass is 9.96. The zero-order chi connectivity index (χ0) is 21.3. The molecule has 164 valence electrons. The maximum absolute atomic E-state index is 10.5. The van der Waals surface area contributed by atoms with Gasteiger partial charge in [0.05, 0.1) is 0 Å². The van der Waals surface area contributed by atoms with Crippen molar-refractivity contribution < 1.29 is 19.8 Å². The lowest BCUT2D eigenvalue weighted by Crippen LogP contribution is -1.96. The van der Waals surface area contributed by atoms with E-state index in [9.17, 15) is 9.59 Å². The molecule has 0 radical (unpaired) electrons. The van der Waals surface area contributed by atoms with E-state index in [0.29, 0.717) is 0 Å². The molecule has 0 fully saturated rings. The fraction of sp³-hybridized carbons (Fsp3) is 0.667. The maximum Gasteiger partial charge on any atom is 0.303 e. The largest absolute Gasteiger partial charge is 0.481 e. The van der Waals surface area contributed by atoms with Gasteiger partial charge in [0.1, 0.15) is 0 Å². The summed E-state index contributed by atoms with van der Waals surface area (Å²) in [6.07, 6.45) is 15.5. The second kappa shape index (κ2) is 16.3. The van der Waals surface area contributed by atoms with Gasteiger partial charge in [0, 0.05) is 17.9 Å². The Labute approximate surface area is 180 Å². The molecule has 0 unspecified atom stereocenters. The molecule has 0 saturated heterocycles. The van der Waals surface area contributed by atoms with Crippen LogP contribution in [0.3, 0.4) is 0 Å². The summed E-state index contributed by atoms with van der Waals surface area (Å²) >= 11 is 6.20. The fourth-order valence-electron chi connectivity index (χ4n) is 3.67. The SMILES string of the molecule is O=C(O)CCCCCCCCc1ccc(Cl)cc1CCCCCCCCC(=O)O. The van der Waals surface area contributed by atoms with Crippen molar-refractivity contribution in [3.63, 3.8) is 0 Å². The number of aliphatic carboxylic acids is 2. The van der Waals surface area contributed by atoms with Crippen LogP contribution in [0.15, 0.2) is 18.2 Å². The van der Waals surface area contributed by atoms with Gasteiger partial charge in [0.25, 0.3) is 0 Å². The number of carboxylic acids is 2. The van der Waals surface area contributed by atoms with E-state index in [1.807, 2.05) is 6.07 Å². The van der Waals surface area contributed by atoms with Gasteiger partial charge in [-0.1, -0.05) is 69.0 Å². The summed E-state index contributed by atoms with van der Waals surface area (Å²) in [4.78, 5) is 21.0. The van der Waals surface area contributed by atoms with Crippen molar-refractivity contribution in [2.45, 2.75) is 103 Å². The molecule has 1 aromatic carbocycles. The molecular weight excluding hydrogens is 388 g/mol. The molecule has 0 aliphatic heterocycles. The standard InChI is InChI=1S/C24H37ClO4/c25-22-18-17-20(13-9-5-1-3-7-11-15-23(26)27)21(19-22)14-10-6-2-4-8-12-16-24(28)29/h17-19H,1-16H2,(H,26,27)(H,28,29). The maximum atomic E-state index is 10.5. The smallest absolute Gasteiger partial charge is 0.303 e. The molecule has 0 amide bonds. The molecule has 0 aliphatic carbocycles. The second-order valence-corrected chi connectivity index (χ2v) is 8.38. The van der Waals surface area contributed by atoms with Crippen LogP contribution in [0.2, 0.25) is 5.02 Å². The average molecular weight is 425 g/mol. The fourth-order valence-corrected chi connectivity index (χ4v) is 3.86. The van der Waals surface area contributed by atoms with Crippen LogP contribution >= 0.6 is 11.6 Å². The van der Waals surface area contributed by atoms with Crippen LogP contribution in [0.4, 0.5) is 0 Å². The molecule has 0 heterocycles. The minimum atomic E-state index is -0.698. The number of carbonyl (C=O) groups is 2. The molecule has 0 bridgehead atoms. The quantitative estimate of drug-likeness (QED) is 0.247. The summed E-state index contributed by atoms with van der Waals surface area (Å²) in [5.74, 6) is -1.39. The number of aryl methyl sites for hydroxylation is 2. The van der Waals surface area contributed by atoms with Crippen molar-refractivity contribution in [3.8, 4) is 0 Å². The van der Waals surface area contributed by atoms with Crippen molar-refractivity contribution in [1.82, 2.24) is 0 Å². The Morgan fingerprint density at radius 2 is 1.03 bits per heavy atom. The molecule has 1 rings (SSSR count). The lowest BCUT2D eigenvalue weighted by Gasteiger charge is -2.11. The van der Waals surface area contributed by atoms with Gasteiger partial charge in [0.15, 0.2) is 0 Å². The predicted molar refractivity (Wildman–Crippen MR) is 119 cm³/mol. The van der Waals surface area contributed by atoms with Gasteiger partial charge in [-0.2, -0.15) is 0 Å². The highest BCUT2D eigenvalue weighted by Crippen LogP contribution is 2.21. The molecule has 4 nitrogen and oxygen atoms in total. The number of halogens is 1.